The van der Waals surface area contributed by atoms with Crippen LogP contribution in [0.5, 0.6) is 11.5 Å². The number of hydrogen-bond donors (Lipinski definition) is 0. The van der Waals surface area contributed by atoms with Gasteiger partial charge in [0.15, 0.2) is 26.5 Å². The summed E-state index contributed by atoms with van der Waals surface area (Å²) in [6.07, 6.45) is -1.83. The van der Waals surface area contributed by atoms with Gasteiger partial charge < -0.3 is 23.2 Å². The highest BCUT2D eigenvalue weighted by molar-refractivity contribution is 6.74. The molecule has 1 aromatic carbocycles. The number of methoxy groups -OCH3 is 1. The van der Waals surface area contributed by atoms with E-state index in [9.17, 15) is 22.0 Å². The van der Waals surface area contributed by atoms with E-state index in [0.717, 1.165) is 12.1 Å². The molecule has 0 radical (unpaired) electrons. The van der Waals surface area contributed by atoms with Crippen LogP contribution < -0.4 is 9.47 Å². The van der Waals surface area contributed by atoms with Crippen molar-refractivity contribution in [2.45, 2.75) is 90.0 Å². The molecule has 13 heteroatoms. The lowest BCUT2D eigenvalue weighted by molar-refractivity contribution is -0.137. The zero-order valence-electron chi connectivity index (χ0n) is 24.4. The molecule has 1 aliphatic carbocycles. The molecule has 7 nitrogen and oxygen atoms in total. The van der Waals surface area contributed by atoms with Crippen molar-refractivity contribution < 1.29 is 40.6 Å². The highest BCUT2D eigenvalue weighted by atomic mass is 28.4. The predicted octanol–water partition coefficient (Wildman–Crippen LogP) is 8.13. The third-order valence-corrected chi connectivity index (χ3v) is 12.6. The number of aryl methyl sites for hydroxylation is 1. The van der Waals surface area contributed by atoms with Crippen LogP contribution in [0.4, 0.5) is 22.0 Å². The molecule has 0 spiro atoms. The third kappa shape index (κ3) is 6.36. The molecule has 2 heterocycles. The maximum atomic E-state index is 13.5. The van der Waals surface area contributed by atoms with Crippen LogP contribution in [0, 0.1) is 6.92 Å². The Morgan fingerprint density at radius 1 is 1.07 bits per heavy atom. The Bertz CT molecular complexity index is 1410. The fourth-order valence-electron chi connectivity index (χ4n) is 5.07. The van der Waals surface area contributed by atoms with Gasteiger partial charge in [0, 0.05) is 24.9 Å². The molecular formula is C28H36F5N3O4Si. The Morgan fingerprint density at radius 2 is 1.73 bits per heavy atom. The minimum absolute atomic E-state index is 0.0314. The van der Waals surface area contributed by atoms with Gasteiger partial charge in [0.25, 0.3) is 0 Å². The number of hydrogen-bond acceptors (Lipinski definition) is 6. The molecule has 41 heavy (non-hydrogen) atoms. The van der Waals surface area contributed by atoms with Gasteiger partial charge in [-0.1, -0.05) is 20.8 Å². The topological polar surface area (TPSA) is 67.6 Å². The average molecular weight is 602 g/mol. The van der Waals surface area contributed by atoms with Gasteiger partial charge in [-0.15, -0.1) is 10.2 Å². The first-order chi connectivity index (χ1) is 18.8. The maximum Gasteiger partial charge on any atom is 0.416 e. The Labute approximate surface area is 237 Å². The van der Waals surface area contributed by atoms with Gasteiger partial charge >= 0.3 is 12.8 Å². The number of fused-ring (bicyclic) bond motifs is 1. The second kappa shape index (κ2) is 10.8. The van der Waals surface area contributed by atoms with Crippen LogP contribution in [0.2, 0.25) is 18.1 Å². The Morgan fingerprint density at radius 3 is 2.29 bits per heavy atom. The summed E-state index contributed by atoms with van der Waals surface area (Å²) in [5, 5.41) is 8.90. The molecule has 226 valence electrons. The summed E-state index contributed by atoms with van der Waals surface area (Å²) in [4.78, 5) is 0. The van der Waals surface area contributed by atoms with Crippen molar-refractivity contribution in [2.75, 3.05) is 13.9 Å². The van der Waals surface area contributed by atoms with E-state index in [0.29, 0.717) is 18.5 Å². The smallest absolute Gasteiger partial charge is 0.416 e. The monoisotopic (exact) mass is 601 g/mol. The molecule has 1 aliphatic rings. The minimum atomic E-state index is -4.61. The van der Waals surface area contributed by atoms with Gasteiger partial charge in [0.2, 0.25) is 0 Å². The summed E-state index contributed by atoms with van der Waals surface area (Å²) in [5.41, 5.74) is -0.349. The predicted molar refractivity (Wildman–Crippen MR) is 147 cm³/mol. The molecule has 0 saturated heterocycles. The van der Waals surface area contributed by atoms with E-state index in [1.54, 1.807) is 4.57 Å². The zero-order chi connectivity index (χ0) is 30.5. The van der Waals surface area contributed by atoms with E-state index >= 15 is 0 Å². The van der Waals surface area contributed by atoms with Gasteiger partial charge in [-0.3, -0.25) is 0 Å². The van der Waals surface area contributed by atoms with Crippen molar-refractivity contribution in [3.8, 4) is 22.8 Å². The largest absolute Gasteiger partial charge is 0.467 e. The highest BCUT2D eigenvalue weighted by Crippen LogP contribution is 2.51. The molecule has 0 unspecified atom stereocenters. The van der Waals surface area contributed by atoms with Crippen molar-refractivity contribution in [1.82, 2.24) is 14.8 Å². The number of ether oxygens (including phenoxy) is 3. The van der Waals surface area contributed by atoms with Crippen LogP contribution in [0.1, 0.15) is 57.7 Å². The van der Waals surface area contributed by atoms with Gasteiger partial charge in [0.1, 0.15) is 5.75 Å². The summed E-state index contributed by atoms with van der Waals surface area (Å²) in [6, 6.07) is 3.22. The lowest BCUT2D eigenvalue weighted by Gasteiger charge is -2.52. The Hall–Kier alpha value is -2.77. The van der Waals surface area contributed by atoms with E-state index in [-0.39, 0.29) is 57.2 Å². The first-order valence-electron chi connectivity index (χ1n) is 13.2. The first kappa shape index (κ1) is 31.2. The second-order valence-corrected chi connectivity index (χ2v) is 17.1. The fraction of sp³-hybridized carbons (Fsp3) is 0.571. The Kier molecular flexibility index (Phi) is 8.22. The molecule has 0 N–H and O–H groups in total. The van der Waals surface area contributed by atoms with Crippen LogP contribution in [0.25, 0.3) is 22.3 Å². The van der Waals surface area contributed by atoms with Crippen molar-refractivity contribution in [3.05, 3.63) is 35.5 Å². The summed E-state index contributed by atoms with van der Waals surface area (Å²) < 4.78 is 90.9. The van der Waals surface area contributed by atoms with Gasteiger partial charge in [-0.25, -0.2) is 0 Å². The van der Waals surface area contributed by atoms with Gasteiger partial charge in [0.05, 0.1) is 22.2 Å². The van der Waals surface area contributed by atoms with Crippen LogP contribution >= 0.6 is 0 Å². The van der Waals surface area contributed by atoms with E-state index in [1.165, 1.54) is 26.3 Å². The summed E-state index contributed by atoms with van der Waals surface area (Å²) >= 11 is 0. The van der Waals surface area contributed by atoms with Gasteiger partial charge in [-0.05, 0) is 68.6 Å². The number of rotatable bonds is 9. The number of aromatic nitrogens is 3. The van der Waals surface area contributed by atoms with Crippen molar-refractivity contribution in [3.63, 3.8) is 0 Å². The lowest BCUT2D eigenvalue weighted by Crippen LogP contribution is -2.54. The third-order valence-electron chi connectivity index (χ3n) is 8.01. The molecule has 0 bridgehead atoms. The molecular weight excluding hydrogens is 565 g/mol. The minimum Gasteiger partial charge on any atom is -0.467 e. The molecule has 2 aromatic heterocycles. The van der Waals surface area contributed by atoms with Crippen molar-refractivity contribution in [1.29, 1.82) is 0 Å². The van der Waals surface area contributed by atoms with Gasteiger partial charge in [-0.2, -0.15) is 22.0 Å². The molecule has 4 rings (SSSR count). The number of alkyl halides is 5. The van der Waals surface area contributed by atoms with Crippen LogP contribution in [-0.4, -0.2) is 49.2 Å². The van der Waals surface area contributed by atoms with E-state index in [1.807, 2.05) is 0 Å². The standard InChI is InChI=1S/C28H36F5N3O4Si/c1-16-9-17(28(31,32)33)10-21(38-15-37-6)23(16)20-11-19-22(39-25(29)30)14-36(24(19)35-34-20)18-12-27(5,13-18)40-41(7,8)26(2,3)4/h9-11,14,18,25H,12-13,15H2,1-8H3. The fourth-order valence-corrected chi connectivity index (χ4v) is 6.78. The average Bonchev–Trinajstić information content (AvgIpc) is 3.15. The molecule has 0 amide bonds. The summed E-state index contributed by atoms with van der Waals surface area (Å²) in [7, 11) is -0.706. The second-order valence-electron chi connectivity index (χ2n) is 12.3. The molecule has 1 saturated carbocycles. The Balaban J connectivity index is 1.74. The highest BCUT2D eigenvalue weighted by Gasteiger charge is 2.49. The van der Waals surface area contributed by atoms with E-state index in [4.69, 9.17) is 18.6 Å². The summed E-state index contributed by atoms with van der Waals surface area (Å²) in [5.74, 6) is -0.227. The molecule has 3 aromatic rings. The SMILES string of the molecule is COCOc1cc(C(F)(F)F)cc(C)c1-c1cc2c(OC(F)F)cn(C3CC(C)(O[Si](C)(C)C(C)(C)C)C3)c2nn1. The van der Waals surface area contributed by atoms with Crippen molar-refractivity contribution >= 4 is 19.4 Å². The number of halogens is 5. The number of benzene rings is 1. The summed E-state index contributed by atoms with van der Waals surface area (Å²) in [6.45, 7) is 11.0. The van der Waals surface area contributed by atoms with Crippen LogP contribution in [-0.2, 0) is 15.3 Å². The van der Waals surface area contributed by atoms with Crippen LogP contribution in [0.15, 0.2) is 24.4 Å². The van der Waals surface area contributed by atoms with E-state index in [2.05, 4.69) is 51.0 Å². The van der Waals surface area contributed by atoms with Crippen molar-refractivity contribution in [2.24, 2.45) is 0 Å². The molecule has 0 atom stereocenters. The quantitative estimate of drug-likeness (QED) is 0.140. The molecule has 1 fully saturated rings. The zero-order valence-corrected chi connectivity index (χ0v) is 25.4. The first-order valence-corrected chi connectivity index (χ1v) is 16.1. The van der Waals surface area contributed by atoms with Crippen LogP contribution in [0.3, 0.4) is 0 Å². The maximum absolute atomic E-state index is 13.5. The number of nitrogens with zero attached hydrogens (tertiary/aromatic N) is 3. The normalized spacial score (nSPS) is 20.0. The lowest BCUT2D eigenvalue weighted by atomic mass is 9.77. The van der Waals surface area contributed by atoms with E-state index < -0.39 is 26.7 Å². The molecule has 0 aliphatic heterocycles.